The molecule has 0 aliphatic heterocycles. The topological polar surface area (TPSA) is 77.2 Å². The summed E-state index contributed by atoms with van der Waals surface area (Å²) in [6.45, 7) is 0. The van der Waals surface area contributed by atoms with Crippen molar-refractivity contribution in [3.8, 4) is 11.1 Å². The molecular weight excluding hydrogens is 322 g/mol. The summed E-state index contributed by atoms with van der Waals surface area (Å²) < 4.78 is 23.7. The molecular formula is C19H15NO3S. The molecule has 0 amide bonds. The Bertz CT molecular complexity index is 996. The van der Waals surface area contributed by atoms with Crippen molar-refractivity contribution in [2.24, 2.45) is 5.14 Å². The average molecular weight is 337 g/mol. The molecule has 5 heteroatoms. The van der Waals surface area contributed by atoms with Crippen LogP contribution in [-0.4, -0.2) is 14.2 Å². The Labute approximate surface area is 140 Å². The molecule has 120 valence electrons. The fraction of sp³-hybridized carbons (Fsp3) is 0. The molecule has 0 unspecified atom stereocenters. The summed E-state index contributed by atoms with van der Waals surface area (Å²) >= 11 is 0. The average Bonchev–Trinajstić information content (AvgIpc) is 2.61. The zero-order valence-corrected chi connectivity index (χ0v) is 13.5. The first-order valence-corrected chi connectivity index (χ1v) is 8.84. The summed E-state index contributed by atoms with van der Waals surface area (Å²) in [6.07, 6.45) is 0. The number of sulfonamides is 1. The van der Waals surface area contributed by atoms with Crippen LogP contribution in [0, 0.1) is 0 Å². The Morgan fingerprint density at radius 3 is 1.92 bits per heavy atom. The highest BCUT2D eigenvalue weighted by atomic mass is 32.2. The number of rotatable bonds is 4. The number of hydrogen-bond acceptors (Lipinski definition) is 3. The minimum absolute atomic E-state index is 0.00156. The van der Waals surface area contributed by atoms with Crippen LogP contribution in [0.2, 0.25) is 0 Å². The largest absolute Gasteiger partial charge is 0.289 e. The van der Waals surface area contributed by atoms with Crippen LogP contribution in [0.25, 0.3) is 11.1 Å². The number of carbonyl (C=O) groups excluding carboxylic acids is 1. The molecule has 0 aliphatic carbocycles. The summed E-state index contributed by atoms with van der Waals surface area (Å²) in [5, 5.41) is 5.32. The fourth-order valence-corrected chi connectivity index (χ4v) is 3.35. The van der Waals surface area contributed by atoms with Crippen LogP contribution in [-0.2, 0) is 10.0 Å². The first-order chi connectivity index (χ1) is 11.5. The molecule has 24 heavy (non-hydrogen) atoms. The molecule has 0 spiro atoms. The minimum Gasteiger partial charge on any atom is -0.289 e. The van der Waals surface area contributed by atoms with Crippen molar-refractivity contribution in [2.75, 3.05) is 0 Å². The predicted octanol–water partition coefficient (Wildman–Crippen LogP) is 3.23. The Hall–Kier alpha value is -2.76. The van der Waals surface area contributed by atoms with E-state index in [-0.39, 0.29) is 10.7 Å². The van der Waals surface area contributed by atoms with E-state index in [9.17, 15) is 13.2 Å². The second kappa shape index (κ2) is 6.39. The minimum atomic E-state index is -3.90. The van der Waals surface area contributed by atoms with E-state index in [1.54, 1.807) is 66.7 Å². The molecule has 0 aromatic heterocycles. The summed E-state index contributed by atoms with van der Waals surface area (Å²) in [6, 6.07) is 22.2. The zero-order valence-electron chi connectivity index (χ0n) is 12.7. The standard InChI is InChI=1S/C19H15NO3S/c20-24(22,23)18-13-7-6-11-16(18)15-10-4-5-12-17(15)19(21)14-8-2-1-3-9-14/h1-13H,(H2,20,22,23). The molecule has 4 nitrogen and oxygen atoms in total. The Morgan fingerprint density at radius 1 is 0.708 bits per heavy atom. The summed E-state index contributed by atoms with van der Waals surface area (Å²) in [5.41, 5.74) is 1.92. The number of carbonyl (C=O) groups is 1. The SMILES string of the molecule is NS(=O)(=O)c1ccccc1-c1ccccc1C(=O)c1ccccc1. The van der Waals surface area contributed by atoms with Gasteiger partial charge in [-0.15, -0.1) is 0 Å². The van der Waals surface area contributed by atoms with E-state index < -0.39 is 10.0 Å². The van der Waals surface area contributed by atoms with Gasteiger partial charge in [-0.2, -0.15) is 0 Å². The van der Waals surface area contributed by atoms with Gasteiger partial charge in [-0.25, -0.2) is 13.6 Å². The lowest BCUT2D eigenvalue weighted by Crippen LogP contribution is -2.14. The maximum atomic E-state index is 12.8. The van der Waals surface area contributed by atoms with Gasteiger partial charge < -0.3 is 0 Å². The molecule has 0 heterocycles. The molecule has 0 aliphatic rings. The number of benzene rings is 3. The molecule has 0 saturated heterocycles. The van der Waals surface area contributed by atoms with E-state index in [4.69, 9.17) is 5.14 Å². The van der Waals surface area contributed by atoms with E-state index in [2.05, 4.69) is 0 Å². The van der Waals surface area contributed by atoms with E-state index in [1.807, 2.05) is 6.07 Å². The van der Waals surface area contributed by atoms with Gasteiger partial charge in [0.2, 0.25) is 10.0 Å². The molecule has 3 aromatic rings. The fourth-order valence-electron chi connectivity index (χ4n) is 2.60. The van der Waals surface area contributed by atoms with Crippen molar-refractivity contribution < 1.29 is 13.2 Å². The van der Waals surface area contributed by atoms with E-state index >= 15 is 0 Å². The maximum Gasteiger partial charge on any atom is 0.238 e. The predicted molar refractivity (Wildman–Crippen MR) is 93.1 cm³/mol. The van der Waals surface area contributed by atoms with E-state index in [0.717, 1.165) is 0 Å². The lowest BCUT2D eigenvalue weighted by molar-refractivity contribution is 0.103. The monoisotopic (exact) mass is 337 g/mol. The van der Waals surface area contributed by atoms with Crippen molar-refractivity contribution in [3.63, 3.8) is 0 Å². The maximum absolute atomic E-state index is 12.8. The summed E-state index contributed by atoms with van der Waals surface area (Å²) in [7, 11) is -3.90. The number of hydrogen-bond donors (Lipinski definition) is 1. The number of nitrogens with two attached hydrogens (primary N) is 1. The molecule has 0 atom stereocenters. The van der Waals surface area contributed by atoms with Crippen molar-refractivity contribution in [1.82, 2.24) is 0 Å². The molecule has 3 aromatic carbocycles. The van der Waals surface area contributed by atoms with Crippen molar-refractivity contribution in [2.45, 2.75) is 4.90 Å². The first-order valence-electron chi connectivity index (χ1n) is 7.29. The summed E-state index contributed by atoms with van der Waals surface area (Å²) in [4.78, 5) is 12.8. The van der Waals surface area contributed by atoms with Gasteiger partial charge >= 0.3 is 0 Å². The lowest BCUT2D eigenvalue weighted by atomic mass is 9.94. The van der Waals surface area contributed by atoms with Crippen LogP contribution in [0.15, 0.2) is 83.8 Å². The van der Waals surface area contributed by atoms with Crippen LogP contribution in [0.3, 0.4) is 0 Å². The first kappa shape index (κ1) is 16.1. The third kappa shape index (κ3) is 3.13. The van der Waals surface area contributed by atoms with Gasteiger partial charge in [-0.05, 0) is 11.6 Å². The van der Waals surface area contributed by atoms with Crippen LogP contribution in [0.1, 0.15) is 15.9 Å². The smallest absolute Gasteiger partial charge is 0.238 e. The van der Waals surface area contributed by atoms with Gasteiger partial charge in [-0.1, -0.05) is 72.8 Å². The Kier molecular flexibility index (Phi) is 4.29. The van der Waals surface area contributed by atoms with Crippen molar-refractivity contribution in [1.29, 1.82) is 0 Å². The third-order valence-electron chi connectivity index (χ3n) is 3.69. The van der Waals surface area contributed by atoms with Crippen LogP contribution < -0.4 is 5.14 Å². The second-order valence-electron chi connectivity index (χ2n) is 5.28. The van der Waals surface area contributed by atoms with Gasteiger partial charge in [0.05, 0.1) is 4.90 Å². The second-order valence-corrected chi connectivity index (χ2v) is 6.81. The highest BCUT2D eigenvalue weighted by molar-refractivity contribution is 7.89. The zero-order chi connectivity index (χ0) is 17.2. The van der Waals surface area contributed by atoms with Gasteiger partial charge in [0.1, 0.15) is 0 Å². The highest BCUT2D eigenvalue weighted by Gasteiger charge is 2.19. The Balaban J connectivity index is 2.21. The number of primary sulfonamides is 1. The molecule has 3 rings (SSSR count). The third-order valence-corrected chi connectivity index (χ3v) is 4.66. The van der Waals surface area contributed by atoms with Gasteiger partial charge in [0.15, 0.2) is 5.78 Å². The summed E-state index contributed by atoms with van der Waals surface area (Å²) in [5.74, 6) is -0.171. The quantitative estimate of drug-likeness (QED) is 0.743. The Morgan fingerprint density at radius 2 is 1.25 bits per heavy atom. The van der Waals surface area contributed by atoms with E-state index in [1.165, 1.54) is 6.07 Å². The molecule has 0 radical (unpaired) electrons. The van der Waals surface area contributed by atoms with Crippen LogP contribution >= 0.6 is 0 Å². The normalized spacial score (nSPS) is 11.2. The molecule has 2 N–H and O–H groups in total. The van der Waals surface area contributed by atoms with Gasteiger partial charge in [-0.3, -0.25) is 4.79 Å². The van der Waals surface area contributed by atoms with Gasteiger partial charge in [0.25, 0.3) is 0 Å². The highest BCUT2D eigenvalue weighted by Crippen LogP contribution is 2.30. The van der Waals surface area contributed by atoms with Crippen LogP contribution in [0.5, 0.6) is 0 Å². The molecule has 0 bridgehead atoms. The van der Waals surface area contributed by atoms with Gasteiger partial charge in [0, 0.05) is 16.7 Å². The van der Waals surface area contributed by atoms with Crippen molar-refractivity contribution in [3.05, 3.63) is 90.0 Å². The lowest BCUT2D eigenvalue weighted by Gasteiger charge is -2.12. The molecule has 0 fully saturated rings. The van der Waals surface area contributed by atoms with Crippen molar-refractivity contribution >= 4 is 15.8 Å². The molecule has 0 saturated carbocycles. The van der Waals surface area contributed by atoms with E-state index in [0.29, 0.717) is 22.3 Å². The van der Waals surface area contributed by atoms with Crippen LogP contribution in [0.4, 0.5) is 0 Å². The number of ketones is 1.